The van der Waals surface area contributed by atoms with Gasteiger partial charge in [-0.1, -0.05) is 30.3 Å². The Balaban J connectivity index is 1.91. The largest absolute Gasteiger partial charge is 0.493 e. The minimum absolute atomic E-state index is 0.00268. The van der Waals surface area contributed by atoms with Crippen LogP contribution in [0.5, 0.6) is 5.75 Å². The molecule has 8 heteroatoms. The van der Waals surface area contributed by atoms with Gasteiger partial charge in [-0.25, -0.2) is 0 Å². The summed E-state index contributed by atoms with van der Waals surface area (Å²) in [5.41, 5.74) is -2.27. The van der Waals surface area contributed by atoms with Gasteiger partial charge in [0.1, 0.15) is 5.75 Å². The molecule has 0 saturated carbocycles. The van der Waals surface area contributed by atoms with E-state index in [1.807, 2.05) is 30.3 Å². The molecule has 0 amide bonds. The summed E-state index contributed by atoms with van der Waals surface area (Å²) in [6.45, 7) is 1.38. The molecule has 3 rings (SSSR count). The molecule has 2 aromatic carbocycles. The van der Waals surface area contributed by atoms with Crippen molar-refractivity contribution in [2.75, 3.05) is 19.7 Å². The molecule has 0 aromatic heterocycles. The standard InChI is InChI=1S/C20H19F6NO/c21-19(22,23)15-10-16(20(24,25)26)12-17(11-15)28-13-18(6-8-27-9-7-18)14-4-2-1-3-5-14/h1-5,10-12,27H,6-9,13H2. The SMILES string of the molecule is FC(F)(F)c1cc(OCC2(c3ccccc3)CCNCC2)cc(C(F)(F)F)c1. The number of hydrogen-bond donors (Lipinski definition) is 1. The predicted molar refractivity (Wildman–Crippen MR) is 92.2 cm³/mol. The van der Waals surface area contributed by atoms with Gasteiger partial charge in [-0.05, 0) is 49.7 Å². The Morgan fingerprint density at radius 2 is 1.36 bits per heavy atom. The molecule has 0 radical (unpaired) electrons. The molecule has 28 heavy (non-hydrogen) atoms. The number of halogens is 6. The number of benzene rings is 2. The van der Waals surface area contributed by atoms with E-state index in [2.05, 4.69) is 5.32 Å². The molecule has 0 unspecified atom stereocenters. The molecule has 2 nitrogen and oxygen atoms in total. The highest BCUT2D eigenvalue weighted by atomic mass is 19.4. The lowest BCUT2D eigenvalue weighted by molar-refractivity contribution is -0.143. The highest BCUT2D eigenvalue weighted by molar-refractivity contribution is 5.38. The molecule has 1 saturated heterocycles. The van der Waals surface area contributed by atoms with Crippen molar-refractivity contribution in [2.45, 2.75) is 30.6 Å². The van der Waals surface area contributed by atoms with Crippen molar-refractivity contribution in [1.29, 1.82) is 0 Å². The average Bonchev–Trinajstić information content (AvgIpc) is 2.66. The van der Waals surface area contributed by atoms with Crippen molar-refractivity contribution in [3.63, 3.8) is 0 Å². The maximum Gasteiger partial charge on any atom is 0.416 e. The second kappa shape index (κ2) is 7.66. The zero-order chi connectivity index (χ0) is 20.4. The minimum atomic E-state index is -4.90. The van der Waals surface area contributed by atoms with Crippen molar-refractivity contribution in [3.05, 3.63) is 65.2 Å². The maximum absolute atomic E-state index is 13.0. The number of ether oxygens (including phenoxy) is 1. The fourth-order valence-corrected chi connectivity index (χ4v) is 3.44. The van der Waals surface area contributed by atoms with E-state index in [0.717, 1.165) is 5.56 Å². The fraction of sp³-hybridized carbons (Fsp3) is 0.400. The quantitative estimate of drug-likeness (QED) is 0.688. The molecule has 0 atom stereocenters. The van der Waals surface area contributed by atoms with Crippen LogP contribution < -0.4 is 10.1 Å². The Hall–Kier alpha value is -2.22. The Bertz CT molecular complexity index is 762. The summed E-state index contributed by atoms with van der Waals surface area (Å²) >= 11 is 0. The summed E-state index contributed by atoms with van der Waals surface area (Å²) < 4.78 is 83.8. The van der Waals surface area contributed by atoms with Crippen LogP contribution in [-0.4, -0.2) is 19.7 Å². The van der Waals surface area contributed by atoms with E-state index in [4.69, 9.17) is 4.74 Å². The van der Waals surface area contributed by atoms with Crippen LogP contribution in [0.15, 0.2) is 48.5 Å². The van der Waals surface area contributed by atoms with E-state index in [1.54, 1.807) is 0 Å². The van der Waals surface area contributed by atoms with E-state index in [9.17, 15) is 26.3 Å². The fourth-order valence-electron chi connectivity index (χ4n) is 3.44. The monoisotopic (exact) mass is 403 g/mol. The molecule has 1 heterocycles. The van der Waals surface area contributed by atoms with Gasteiger partial charge < -0.3 is 10.1 Å². The number of hydrogen-bond acceptors (Lipinski definition) is 2. The smallest absolute Gasteiger partial charge is 0.416 e. The first-order chi connectivity index (χ1) is 13.1. The molecule has 0 aliphatic carbocycles. The van der Waals surface area contributed by atoms with Gasteiger partial charge in [0.2, 0.25) is 0 Å². The van der Waals surface area contributed by atoms with Crippen LogP contribution in [0.4, 0.5) is 26.3 Å². The molecular weight excluding hydrogens is 384 g/mol. The van der Waals surface area contributed by atoms with Gasteiger partial charge >= 0.3 is 12.4 Å². The van der Waals surface area contributed by atoms with Gasteiger partial charge in [-0.15, -0.1) is 0 Å². The van der Waals surface area contributed by atoms with E-state index >= 15 is 0 Å². The third-order valence-electron chi connectivity index (χ3n) is 5.02. The first kappa shape index (κ1) is 20.5. The van der Waals surface area contributed by atoms with E-state index in [-0.39, 0.29) is 12.7 Å². The van der Waals surface area contributed by atoms with E-state index in [0.29, 0.717) is 38.1 Å². The van der Waals surface area contributed by atoms with Gasteiger partial charge in [-0.3, -0.25) is 0 Å². The van der Waals surface area contributed by atoms with Gasteiger partial charge in [0.05, 0.1) is 17.7 Å². The van der Waals surface area contributed by atoms with E-state index < -0.39 is 34.6 Å². The lowest BCUT2D eigenvalue weighted by Crippen LogP contribution is -2.43. The van der Waals surface area contributed by atoms with Gasteiger partial charge in [0.15, 0.2) is 0 Å². The van der Waals surface area contributed by atoms with Crippen LogP contribution in [0.1, 0.15) is 29.5 Å². The predicted octanol–water partition coefficient (Wildman–Crippen LogP) is 5.42. The summed E-state index contributed by atoms with van der Waals surface area (Å²) in [7, 11) is 0. The van der Waals surface area contributed by atoms with Crippen LogP contribution in [0.25, 0.3) is 0 Å². The molecule has 1 fully saturated rings. The van der Waals surface area contributed by atoms with Crippen molar-refractivity contribution < 1.29 is 31.1 Å². The molecular formula is C20H19F6NO. The summed E-state index contributed by atoms with van der Waals surface area (Å²) in [6, 6.07) is 10.7. The summed E-state index contributed by atoms with van der Waals surface area (Å²) in [4.78, 5) is 0. The Morgan fingerprint density at radius 3 is 1.86 bits per heavy atom. The van der Waals surface area contributed by atoms with Crippen LogP contribution in [0.2, 0.25) is 0 Å². The summed E-state index contributed by atoms with van der Waals surface area (Å²) in [5.74, 6) is -0.434. The van der Waals surface area contributed by atoms with Crippen LogP contribution in [0.3, 0.4) is 0 Å². The molecule has 1 N–H and O–H groups in total. The number of alkyl halides is 6. The summed E-state index contributed by atoms with van der Waals surface area (Å²) in [6.07, 6.45) is -8.46. The highest BCUT2D eigenvalue weighted by Gasteiger charge is 2.38. The van der Waals surface area contributed by atoms with Crippen molar-refractivity contribution in [2.24, 2.45) is 0 Å². The van der Waals surface area contributed by atoms with Crippen LogP contribution in [-0.2, 0) is 17.8 Å². The average molecular weight is 403 g/mol. The highest BCUT2D eigenvalue weighted by Crippen LogP contribution is 2.39. The van der Waals surface area contributed by atoms with Crippen LogP contribution >= 0.6 is 0 Å². The third kappa shape index (κ3) is 4.60. The Labute approximate surface area is 158 Å². The second-order valence-electron chi connectivity index (χ2n) is 6.93. The lowest BCUT2D eigenvalue weighted by Gasteiger charge is -2.38. The minimum Gasteiger partial charge on any atom is -0.493 e. The molecule has 1 aliphatic heterocycles. The molecule has 2 aromatic rings. The van der Waals surface area contributed by atoms with Gasteiger partial charge in [0, 0.05) is 5.41 Å². The zero-order valence-corrected chi connectivity index (χ0v) is 14.8. The number of nitrogens with one attached hydrogen (secondary N) is 1. The van der Waals surface area contributed by atoms with Gasteiger partial charge in [-0.2, -0.15) is 26.3 Å². The topological polar surface area (TPSA) is 21.3 Å². The van der Waals surface area contributed by atoms with Crippen molar-refractivity contribution in [3.8, 4) is 5.75 Å². The van der Waals surface area contributed by atoms with E-state index in [1.165, 1.54) is 0 Å². The normalized spacial score (nSPS) is 17.4. The van der Waals surface area contributed by atoms with Crippen molar-refractivity contribution in [1.82, 2.24) is 5.32 Å². The first-order valence-electron chi connectivity index (χ1n) is 8.79. The molecule has 152 valence electrons. The second-order valence-corrected chi connectivity index (χ2v) is 6.93. The van der Waals surface area contributed by atoms with Crippen molar-refractivity contribution >= 4 is 0 Å². The number of piperidine rings is 1. The summed E-state index contributed by atoms with van der Waals surface area (Å²) in [5, 5.41) is 3.21. The number of rotatable bonds is 4. The zero-order valence-electron chi connectivity index (χ0n) is 14.8. The first-order valence-corrected chi connectivity index (χ1v) is 8.79. The van der Waals surface area contributed by atoms with Gasteiger partial charge in [0.25, 0.3) is 0 Å². The Kier molecular flexibility index (Phi) is 5.61. The maximum atomic E-state index is 13.0. The lowest BCUT2D eigenvalue weighted by atomic mass is 9.74. The third-order valence-corrected chi connectivity index (χ3v) is 5.02. The Morgan fingerprint density at radius 1 is 0.821 bits per heavy atom. The van der Waals surface area contributed by atoms with Crippen LogP contribution in [0, 0.1) is 0 Å². The molecule has 0 spiro atoms. The molecule has 1 aliphatic rings. The molecule has 0 bridgehead atoms.